The van der Waals surface area contributed by atoms with Crippen LogP contribution in [0.4, 0.5) is 0 Å². The highest BCUT2D eigenvalue weighted by molar-refractivity contribution is 8.16. The number of rotatable bonds is 8. The van der Waals surface area contributed by atoms with Crippen molar-refractivity contribution in [3.63, 3.8) is 0 Å². The number of esters is 1. The summed E-state index contributed by atoms with van der Waals surface area (Å²) in [5, 5.41) is 5.67. The molecule has 3 aromatic rings. The average Bonchev–Trinajstić information content (AvgIpc) is 3.34. The first-order valence-electron chi connectivity index (χ1n) is 12.8. The summed E-state index contributed by atoms with van der Waals surface area (Å²) in [6.45, 7) is 6.48. The van der Waals surface area contributed by atoms with Gasteiger partial charge >= 0.3 is 5.97 Å². The molecule has 1 amide bonds. The lowest BCUT2D eigenvalue weighted by molar-refractivity contribution is -0.141. The van der Waals surface area contributed by atoms with Gasteiger partial charge in [-0.15, -0.1) is 0 Å². The number of fused-ring (bicyclic) bond motifs is 1. The molecule has 2 aliphatic heterocycles. The predicted octanol–water partition coefficient (Wildman–Crippen LogP) is 5.72. The van der Waals surface area contributed by atoms with Crippen LogP contribution in [-0.2, 0) is 27.5 Å². The monoisotopic (exact) mass is 538 g/mol. The van der Waals surface area contributed by atoms with E-state index in [0.29, 0.717) is 17.8 Å². The van der Waals surface area contributed by atoms with Gasteiger partial charge in [0.05, 0.1) is 23.7 Å². The number of pyridine rings is 1. The average molecular weight is 539 g/mol. The van der Waals surface area contributed by atoms with Crippen molar-refractivity contribution in [1.29, 1.82) is 0 Å². The van der Waals surface area contributed by atoms with Gasteiger partial charge < -0.3 is 15.0 Å². The quantitative estimate of drug-likeness (QED) is 0.369. The summed E-state index contributed by atoms with van der Waals surface area (Å²) < 4.78 is 5.81. The molecule has 0 spiro atoms. The minimum absolute atomic E-state index is 0.119. The molecule has 1 atom stereocenters. The van der Waals surface area contributed by atoms with Gasteiger partial charge in [-0.3, -0.25) is 9.78 Å². The van der Waals surface area contributed by atoms with Crippen molar-refractivity contribution in [3.05, 3.63) is 123 Å². The Balaban J connectivity index is 1.43. The van der Waals surface area contributed by atoms with Gasteiger partial charge in [-0.05, 0) is 54.5 Å². The number of nitrogens with zero attached hydrogens (tertiary/aromatic N) is 3. The summed E-state index contributed by atoms with van der Waals surface area (Å²) in [5.74, 6) is -0.534. The standard InChI is InChI=1S/C31H30N4O3S/c1-20-11-12-21(2)26(14-20)29-28(30(37)38-18-23-8-5-4-6-9-23)22(3)34-31-35(29)25(19-39-31)15-27(36)33-17-24-10-7-13-32-16-24/h4-14,16,19,29H,15,17-18H2,1-3H3,(H,33,36)/t29-/m0/s1. The molecule has 0 saturated heterocycles. The third-order valence-corrected chi connectivity index (χ3v) is 7.61. The third-order valence-electron chi connectivity index (χ3n) is 6.72. The number of allylic oxidation sites excluding steroid dienone is 1. The number of nitrogens with one attached hydrogen (secondary N) is 1. The van der Waals surface area contributed by atoms with Crippen LogP contribution in [0.3, 0.4) is 0 Å². The maximum Gasteiger partial charge on any atom is 0.338 e. The van der Waals surface area contributed by atoms with Crippen LogP contribution in [0, 0.1) is 13.8 Å². The summed E-state index contributed by atoms with van der Waals surface area (Å²) in [7, 11) is 0. The molecule has 39 heavy (non-hydrogen) atoms. The van der Waals surface area contributed by atoms with Gasteiger partial charge in [0, 0.05) is 24.6 Å². The number of ether oxygens (including phenoxy) is 1. The lowest BCUT2D eigenvalue weighted by Gasteiger charge is -2.37. The number of benzene rings is 2. The first kappa shape index (κ1) is 26.4. The van der Waals surface area contributed by atoms with Crippen molar-refractivity contribution in [2.45, 2.75) is 46.4 Å². The zero-order chi connectivity index (χ0) is 27.4. The number of aryl methyl sites for hydroxylation is 2. The molecule has 3 heterocycles. The van der Waals surface area contributed by atoms with E-state index in [0.717, 1.165) is 38.7 Å². The molecule has 0 radical (unpaired) electrons. The number of thioether (sulfide) groups is 1. The molecule has 1 aromatic heterocycles. The molecule has 2 aliphatic rings. The summed E-state index contributed by atoms with van der Waals surface area (Å²) in [4.78, 5) is 37.5. The summed E-state index contributed by atoms with van der Waals surface area (Å²) in [6, 6.07) is 19.1. The minimum atomic E-state index is -0.465. The van der Waals surface area contributed by atoms with Crippen LogP contribution in [0.25, 0.3) is 0 Å². The molecule has 0 fully saturated rings. The maximum absolute atomic E-state index is 13.7. The van der Waals surface area contributed by atoms with E-state index in [1.807, 2.05) is 73.5 Å². The largest absolute Gasteiger partial charge is 0.457 e. The molecule has 5 rings (SSSR count). The Morgan fingerprint density at radius 1 is 1.03 bits per heavy atom. The zero-order valence-electron chi connectivity index (χ0n) is 22.2. The molecule has 198 valence electrons. The van der Waals surface area contributed by atoms with Crippen molar-refractivity contribution in [1.82, 2.24) is 15.2 Å². The second-order valence-electron chi connectivity index (χ2n) is 9.63. The van der Waals surface area contributed by atoms with Crippen molar-refractivity contribution >= 4 is 28.8 Å². The highest BCUT2D eigenvalue weighted by Crippen LogP contribution is 2.45. The van der Waals surface area contributed by atoms with Crippen LogP contribution in [0.1, 0.15) is 47.2 Å². The van der Waals surface area contributed by atoms with E-state index >= 15 is 0 Å². The molecule has 7 nitrogen and oxygen atoms in total. The van der Waals surface area contributed by atoms with Crippen LogP contribution >= 0.6 is 11.8 Å². The van der Waals surface area contributed by atoms with Crippen LogP contribution in [0.15, 0.2) is 100 Å². The normalized spacial score (nSPS) is 16.4. The van der Waals surface area contributed by atoms with Gasteiger partial charge in [0.15, 0.2) is 5.17 Å². The fourth-order valence-electron chi connectivity index (χ4n) is 4.71. The molecular formula is C31H30N4O3S. The number of carbonyl (C=O) groups is 2. The van der Waals surface area contributed by atoms with Crippen LogP contribution in [0.2, 0.25) is 0 Å². The fourth-order valence-corrected chi connectivity index (χ4v) is 5.67. The number of carbonyl (C=O) groups excluding carboxylic acids is 2. The Hall–Kier alpha value is -4.17. The zero-order valence-corrected chi connectivity index (χ0v) is 23.0. The lowest BCUT2D eigenvalue weighted by atomic mass is 9.90. The number of aliphatic imine (C=N–C) groups is 1. The Labute approximate surface area is 232 Å². The van der Waals surface area contributed by atoms with E-state index < -0.39 is 12.0 Å². The third kappa shape index (κ3) is 5.96. The van der Waals surface area contributed by atoms with Crippen LogP contribution < -0.4 is 5.32 Å². The molecule has 0 unspecified atom stereocenters. The molecule has 1 N–H and O–H groups in total. The highest BCUT2D eigenvalue weighted by Gasteiger charge is 2.41. The number of amides is 1. The van der Waals surface area contributed by atoms with E-state index in [4.69, 9.17) is 9.73 Å². The number of hydrogen-bond donors (Lipinski definition) is 1. The van der Waals surface area contributed by atoms with E-state index in [-0.39, 0.29) is 18.9 Å². The first-order valence-corrected chi connectivity index (χ1v) is 13.7. The Morgan fingerprint density at radius 3 is 2.59 bits per heavy atom. The number of hydrogen-bond acceptors (Lipinski definition) is 7. The van der Waals surface area contributed by atoms with E-state index in [1.54, 1.807) is 12.4 Å². The van der Waals surface area contributed by atoms with Gasteiger partial charge in [-0.1, -0.05) is 71.9 Å². The van der Waals surface area contributed by atoms with Crippen LogP contribution in [-0.4, -0.2) is 26.9 Å². The summed E-state index contributed by atoms with van der Waals surface area (Å²) in [6.07, 6.45) is 3.59. The fraction of sp³-hybridized carbons (Fsp3) is 0.226. The van der Waals surface area contributed by atoms with E-state index in [2.05, 4.69) is 28.5 Å². The second kappa shape index (κ2) is 11.7. The van der Waals surface area contributed by atoms with E-state index in [1.165, 1.54) is 11.8 Å². The minimum Gasteiger partial charge on any atom is -0.457 e. The highest BCUT2D eigenvalue weighted by atomic mass is 32.2. The SMILES string of the molecule is CC1=C(C(=O)OCc2ccccc2)[C@H](c2cc(C)ccc2C)N2C(CC(=O)NCc3cccnc3)=CSC2=N1. The van der Waals surface area contributed by atoms with Crippen LogP contribution in [0.5, 0.6) is 0 Å². The topological polar surface area (TPSA) is 83.9 Å². The number of amidine groups is 1. The molecule has 0 saturated carbocycles. The van der Waals surface area contributed by atoms with Gasteiger partial charge in [0.1, 0.15) is 6.61 Å². The molecule has 0 aliphatic carbocycles. The summed E-state index contributed by atoms with van der Waals surface area (Å²) >= 11 is 1.46. The van der Waals surface area contributed by atoms with Gasteiger partial charge in [-0.2, -0.15) is 0 Å². The van der Waals surface area contributed by atoms with Crippen molar-refractivity contribution in [2.75, 3.05) is 0 Å². The lowest BCUT2D eigenvalue weighted by Crippen LogP contribution is -2.38. The van der Waals surface area contributed by atoms with Gasteiger partial charge in [-0.25, -0.2) is 9.79 Å². The van der Waals surface area contributed by atoms with Crippen molar-refractivity contribution in [3.8, 4) is 0 Å². The maximum atomic E-state index is 13.7. The predicted molar refractivity (Wildman–Crippen MR) is 153 cm³/mol. The van der Waals surface area contributed by atoms with Gasteiger partial charge in [0.25, 0.3) is 0 Å². The van der Waals surface area contributed by atoms with E-state index in [9.17, 15) is 9.59 Å². The molecular weight excluding hydrogens is 508 g/mol. The smallest absolute Gasteiger partial charge is 0.338 e. The van der Waals surface area contributed by atoms with Gasteiger partial charge in [0.2, 0.25) is 5.91 Å². The van der Waals surface area contributed by atoms with Crippen molar-refractivity contribution < 1.29 is 14.3 Å². The Kier molecular flexibility index (Phi) is 7.93. The summed E-state index contributed by atoms with van der Waals surface area (Å²) in [5.41, 5.74) is 6.84. The Morgan fingerprint density at radius 2 is 1.82 bits per heavy atom. The van der Waals surface area contributed by atoms with Crippen molar-refractivity contribution in [2.24, 2.45) is 4.99 Å². The Bertz CT molecular complexity index is 1480. The number of aromatic nitrogens is 1. The first-order chi connectivity index (χ1) is 18.9. The second-order valence-corrected chi connectivity index (χ2v) is 10.5. The molecule has 0 bridgehead atoms. The molecule has 2 aromatic carbocycles. The molecule has 8 heteroatoms.